The van der Waals surface area contributed by atoms with Crippen molar-refractivity contribution in [3.05, 3.63) is 0 Å². The molecular formula is C19H36ClN3O5S. The van der Waals surface area contributed by atoms with Crippen LogP contribution in [0.3, 0.4) is 0 Å². The largest absolute Gasteiger partial charge is 0.388 e. The Balaban J connectivity index is 2.11. The zero-order valence-corrected chi connectivity index (χ0v) is 19.0. The van der Waals surface area contributed by atoms with Crippen LogP contribution in [0.2, 0.25) is 0 Å². The van der Waals surface area contributed by atoms with Gasteiger partial charge < -0.3 is 36.0 Å². The van der Waals surface area contributed by atoms with Gasteiger partial charge in [0.15, 0.2) is 0 Å². The first-order valence-electron chi connectivity index (χ1n) is 10.3. The molecule has 170 valence electrons. The fourth-order valence-electron chi connectivity index (χ4n) is 4.26. The summed E-state index contributed by atoms with van der Waals surface area (Å²) < 4.78 is 5.82. The molecule has 0 bridgehead atoms. The molecule has 0 saturated carbocycles. The molecule has 29 heavy (non-hydrogen) atoms. The molecule has 10 heteroatoms. The van der Waals surface area contributed by atoms with Crippen LogP contribution in [0.15, 0.2) is 0 Å². The summed E-state index contributed by atoms with van der Waals surface area (Å²) in [6, 6.07) is -0.707. The zero-order chi connectivity index (χ0) is 21.7. The highest BCUT2D eigenvalue weighted by Crippen LogP contribution is 2.31. The highest BCUT2D eigenvalue weighted by molar-refractivity contribution is 7.99. The van der Waals surface area contributed by atoms with Crippen molar-refractivity contribution in [2.45, 2.75) is 68.0 Å². The minimum Gasteiger partial charge on any atom is -0.388 e. The molecule has 2 rings (SSSR count). The number of aliphatic hydroxyl groups is 3. The summed E-state index contributed by atoms with van der Waals surface area (Å²) in [6.07, 6.45) is -1.35. The molecule has 2 fully saturated rings. The first kappa shape index (κ1) is 25.1. The van der Waals surface area contributed by atoms with Crippen LogP contribution in [-0.4, -0.2) is 99.8 Å². The van der Waals surface area contributed by atoms with Gasteiger partial charge in [0.1, 0.15) is 29.9 Å². The van der Waals surface area contributed by atoms with Gasteiger partial charge >= 0.3 is 0 Å². The van der Waals surface area contributed by atoms with E-state index < -0.39 is 41.3 Å². The molecule has 6 N–H and O–H groups in total. The minimum absolute atomic E-state index is 0.139. The highest BCUT2D eigenvalue weighted by atomic mass is 35.5. The summed E-state index contributed by atoms with van der Waals surface area (Å²) in [5, 5.41) is 33.2. The number of alkyl halides is 1. The predicted molar refractivity (Wildman–Crippen MR) is 115 cm³/mol. The van der Waals surface area contributed by atoms with Gasteiger partial charge in [-0.25, -0.2) is 0 Å². The summed E-state index contributed by atoms with van der Waals surface area (Å²) in [7, 11) is 0. The van der Waals surface area contributed by atoms with Crippen molar-refractivity contribution in [3.63, 3.8) is 0 Å². The lowest BCUT2D eigenvalue weighted by Gasteiger charge is -2.44. The van der Waals surface area contributed by atoms with Crippen molar-refractivity contribution < 1.29 is 24.9 Å². The molecule has 0 aliphatic carbocycles. The molecule has 2 aliphatic heterocycles. The average Bonchev–Trinajstić information content (AvgIpc) is 2.70. The molecule has 2 saturated heterocycles. The third-order valence-corrected chi connectivity index (χ3v) is 7.13. The maximum Gasteiger partial charge on any atom is 0.224 e. The number of halogens is 1. The van der Waals surface area contributed by atoms with Crippen LogP contribution in [0.5, 0.6) is 0 Å². The van der Waals surface area contributed by atoms with Crippen LogP contribution < -0.4 is 11.1 Å². The Labute approximate surface area is 182 Å². The molecule has 0 aromatic carbocycles. The molecule has 2 aliphatic rings. The second kappa shape index (κ2) is 11.5. The lowest BCUT2D eigenvalue weighted by atomic mass is 9.86. The van der Waals surface area contributed by atoms with Gasteiger partial charge in [0.05, 0.1) is 17.3 Å². The zero-order valence-electron chi connectivity index (χ0n) is 17.4. The van der Waals surface area contributed by atoms with Crippen LogP contribution >= 0.6 is 23.4 Å². The predicted octanol–water partition coefficient (Wildman–Crippen LogP) is -0.424. The first-order valence-corrected chi connectivity index (χ1v) is 12.0. The second-order valence-electron chi connectivity index (χ2n) is 8.14. The number of thioether (sulfide) groups is 1. The van der Waals surface area contributed by atoms with Crippen molar-refractivity contribution in [2.24, 2.45) is 17.6 Å². The van der Waals surface area contributed by atoms with E-state index in [1.165, 1.54) is 11.8 Å². The van der Waals surface area contributed by atoms with E-state index in [4.69, 9.17) is 22.1 Å². The quantitative estimate of drug-likeness (QED) is 0.313. The molecule has 0 aromatic heterocycles. The summed E-state index contributed by atoms with van der Waals surface area (Å²) in [4.78, 5) is 15.3. The summed E-state index contributed by atoms with van der Waals surface area (Å²) in [5.41, 5.74) is 4.99. The Hall–Kier alpha value is -0.130. The number of nitrogens with two attached hydrogens (primary N) is 1. The third kappa shape index (κ3) is 6.20. The fourth-order valence-corrected chi connectivity index (χ4v) is 5.15. The Kier molecular flexibility index (Phi) is 9.95. The van der Waals surface area contributed by atoms with Gasteiger partial charge in [-0.1, -0.05) is 13.3 Å². The van der Waals surface area contributed by atoms with Gasteiger partial charge in [0, 0.05) is 26.2 Å². The number of nitrogens with zero attached hydrogens (tertiary/aromatic N) is 1. The lowest BCUT2D eigenvalue weighted by molar-refractivity contribution is -0.205. The average molecular weight is 454 g/mol. The van der Waals surface area contributed by atoms with Gasteiger partial charge in [-0.15, -0.1) is 23.4 Å². The van der Waals surface area contributed by atoms with Crippen LogP contribution in [0.25, 0.3) is 0 Å². The monoisotopic (exact) mass is 453 g/mol. The molecule has 1 amide bonds. The van der Waals surface area contributed by atoms with Crippen LogP contribution in [0.1, 0.15) is 26.7 Å². The van der Waals surface area contributed by atoms with E-state index in [1.807, 2.05) is 0 Å². The van der Waals surface area contributed by atoms with Gasteiger partial charge in [-0.3, -0.25) is 4.79 Å². The number of hydrogen-bond donors (Lipinski definition) is 5. The number of ether oxygens (including phenoxy) is 1. The van der Waals surface area contributed by atoms with E-state index in [-0.39, 0.29) is 11.8 Å². The normalized spacial score (nSPS) is 38.4. The van der Waals surface area contributed by atoms with E-state index in [0.717, 1.165) is 25.9 Å². The standard InChI is InChI=1S/C19H36ClN3O5S/c1-4-11-7-12(9-23(8-11)6-5-21)18(27)22-13(10(2)20)17-15(25)14(24)16(26)19(28-17)29-3/h10-17,19,24-26H,4-9,21H2,1-3H3,(H,22,27)/t10?,11?,12?,13?,14-,15-,16?,17?,19-/m1/s1. The Bertz CT molecular complexity index is 530. The summed E-state index contributed by atoms with van der Waals surface area (Å²) >= 11 is 7.58. The van der Waals surface area contributed by atoms with Crippen LogP contribution in [0.4, 0.5) is 0 Å². The van der Waals surface area contributed by atoms with E-state index in [2.05, 4.69) is 17.1 Å². The van der Waals surface area contributed by atoms with Gasteiger partial charge in [0.2, 0.25) is 5.91 Å². The van der Waals surface area contributed by atoms with Crippen molar-refractivity contribution in [1.82, 2.24) is 10.2 Å². The fraction of sp³-hybridized carbons (Fsp3) is 0.947. The van der Waals surface area contributed by atoms with Gasteiger partial charge in [0.25, 0.3) is 0 Å². The number of hydrogen-bond acceptors (Lipinski definition) is 8. The van der Waals surface area contributed by atoms with Crippen LogP contribution in [-0.2, 0) is 9.53 Å². The molecule has 2 heterocycles. The second-order valence-corrected chi connectivity index (χ2v) is 9.77. The molecule has 6 unspecified atom stereocenters. The van der Waals surface area contributed by atoms with Crippen molar-refractivity contribution in [1.29, 1.82) is 0 Å². The number of piperidine rings is 1. The highest BCUT2D eigenvalue weighted by Gasteiger charge is 2.48. The molecule has 8 nitrogen and oxygen atoms in total. The first-order chi connectivity index (χ1) is 13.7. The van der Waals surface area contributed by atoms with Crippen LogP contribution in [0, 0.1) is 11.8 Å². The number of aliphatic hydroxyl groups excluding tert-OH is 3. The summed E-state index contributed by atoms with van der Waals surface area (Å²) in [5.74, 6) is 0.0813. The Morgan fingerprint density at radius 1 is 1.31 bits per heavy atom. The van der Waals surface area contributed by atoms with E-state index in [0.29, 0.717) is 19.0 Å². The van der Waals surface area contributed by atoms with Gasteiger partial charge in [-0.2, -0.15) is 0 Å². The Morgan fingerprint density at radius 3 is 2.55 bits per heavy atom. The topological polar surface area (TPSA) is 128 Å². The Morgan fingerprint density at radius 2 is 2.00 bits per heavy atom. The van der Waals surface area contributed by atoms with E-state index >= 15 is 0 Å². The number of rotatable bonds is 8. The SMILES string of the molecule is CCC1CC(C(=O)NC(C(C)Cl)C2O[C@H](SC)C(O)[C@H](O)[C@H]2O)CN(CCN)C1. The number of carbonyl (C=O) groups is 1. The molecule has 0 aromatic rings. The number of carbonyl (C=O) groups excluding carboxylic acids is 1. The number of nitrogens with one attached hydrogen (secondary N) is 1. The third-order valence-electron chi connectivity index (χ3n) is 6.00. The molecule has 0 radical (unpaired) electrons. The van der Waals surface area contributed by atoms with Crippen molar-refractivity contribution in [3.8, 4) is 0 Å². The summed E-state index contributed by atoms with van der Waals surface area (Å²) in [6.45, 7) is 6.70. The maximum atomic E-state index is 13.1. The maximum absolute atomic E-state index is 13.1. The van der Waals surface area contributed by atoms with E-state index in [9.17, 15) is 20.1 Å². The van der Waals surface area contributed by atoms with E-state index in [1.54, 1.807) is 13.2 Å². The molecular weight excluding hydrogens is 418 g/mol. The lowest BCUT2D eigenvalue weighted by Crippen LogP contribution is -2.65. The van der Waals surface area contributed by atoms with Crippen molar-refractivity contribution in [2.75, 3.05) is 32.4 Å². The van der Waals surface area contributed by atoms with Gasteiger partial charge in [-0.05, 0) is 25.5 Å². The smallest absolute Gasteiger partial charge is 0.224 e. The number of likely N-dealkylation sites (tertiary alicyclic amines) is 1. The number of amides is 1. The molecule has 9 atom stereocenters. The minimum atomic E-state index is -1.37. The molecule has 0 spiro atoms. The van der Waals surface area contributed by atoms with Crippen molar-refractivity contribution >= 4 is 29.3 Å².